The van der Waals surface area contributed by atoms with Gasteiger partial charge >= 0.3 is 0 Å². The second-order valence-corrected chi connectivity index (χ2v) is 11.1. The van der Waals surface area contributed by atoms with Crippen LogP contribution in [0.4, 0.5) is 0 Å². The van der Waals surface area contributed by atoms with Crippen LogP contribution in [0.1, 0.15) is 30.9 Å². The Bertz CT molecular complexity index is 1310. The van der Waals surface area contributed by atoms with E-state index in [1.807, 2.05) is 48.6 Å². The zero-order chi connectivity index (χ0) is 22.2. The quantitative estimate of drug-likeness (QED) is 0.529. The molecular weight excluding hydrogens is 432 g/mol. The van der Waals surface area contributed by atoms with Gasteiger partial charge in [0.05, 0.1) is 38.9 Å². The molecule has 2 aromatic heterocycles. The van der Waals surface area contributed by atoms with Gasteiger partial charge < -0.3 is 4.90 Å². The summed E-state index contributed by atoms with van der Waals surface area (Å²) >= 11 is 1.40. The Morgan fingerprint density at radius 3 is 2.84 bits per heavy atom. The molecule has 0 spiro atoms. The zero-order valence-electron chi connectivity index (χ0n) is 17.5. The van der Waals surface area contributed by atoms with E-state index in [9.17, 15) is 18.5 Å². The summed E-state index contributed by atoms with van der Waals surface area (Å²) in [5.74, 6) is 0.335. The van der Waals surface area contributed by atoms with Gasteiger partial charge in [-0.2, -0.15) is 5.26 Å². The molecule has 0 radical (unpaired) electrons. The number of carbonyl (C=O) groups excluding carboxylic acids is 1. The highest BCUT2D eigenvalue weighted by atomic mass is 32.2. The predicted octanol–water partition coefficient (Wildman–Crippen LogP) is 3.19. The molecular formula is C22H24N4O3S2. The number of hydrogen-bond acceptors (Lipinski definition) is 6. The summed E-state index contributed by atoms with van der Waals surface area (Å²) in [7, 11) is -3.06. The maximum absolute atomic E-state index is 13.1. The van der Waals surface area contributed by atoms with Gasteiger partial charge in [-0.25, -0.2) is 13.4 Å². The minimum absolute atomic E-state index is 0.0514. The van der Waals surface area contributed by atoms with Crippen LogP contribution in [0.3, 0.4) is 0 Å². The lowest BCUT2D eigenvalue weighted by Gasteiger charge is -2.28. The number of thioether (sulfide) groups is 1. The molecule has 3 heterocycles. The Balaban J connectivity index is 1.65. The second kappa shape index (κ2) is 8.52. The van der Waals surface area contributed by atoms with Crippen molar-refractivity contribution in [2.75, 3.05) is 23.8 Å². The second-order valence-electron chi connectivity index (χ2n) is 7.84. The van der Waals surface area contributed by atoms with E-state index in [4.69, 9.17) is 0 Å². The number of aromatic nitrogens is 2. The molecule has 0 saturated carbocycles. The highest BCUT2D eigenvalue weighted by molar-refractivity contribution is 7.99. The topological polar surface area (TPSA) is 95.5 Å². The minimum Gasteiger partial charge on any atom is -0.338 e. The lowest BCUT2D eigenvalue weighted by Crippen LogP contribution is -2.42. The van der Waals surface area contributed by atoms with Crippen LogP contribution in [0.2, 0.25) is 0 Å². The molecule has 162 valence electrons. The molecule has 1 fully saturated rings. The predicted molar refractivity (Wildman–Crippen MR) is 122 cm³/mol. The first-order valence-corrected chi connectivity index (χ1v) is 13.1. The van der Waals surface area contributed by atoms with Crippen molar-refractivity contribution in [1.82, 2.24) is 14.3 Å². The number of nitrogens with zero attached hydrogens (tertiary/aromatic N) is 4. The number of fused-ring (bicyclic) bond motifs is 3. The highest BCUT2D eigenvalue weighted by Crippen LogP contribution is 2.30. The van der Waals surface area contributed by atoms with Gasteiger partial charge in [0.2, 0.25) is 5.91 Å². The number of pyridine rings is 1. The summed E-state index contributed by atoms with van der Waals surface area (Å²) < 4.78 is 25.8. The number of nitriles is 1. The average Bonchev–Trinajstić information content (AvgIpc) is 3.30. The van der Waals surface area contributed by atoms with Gasteiger partial charge in [0, 0.05) is 12.6 Å². The first kappa shape index (κ1) is 21.7. The van der Waals surface area contributed by atoms with Crippen LogP contribution in [0.25, 0.3) is 16.7 Å². The van der Waals surface area contributed by atoms with E-state index in [1.54, 1.807) is 4.90 Å². The zero-order valence-corrected chi connectivity index (χ0v) is 19.2. The molecule has 1 aliphatic rings. The van der Waals surface area contributed by atoms with Gasteiger partial charge in [0.15, 0.2) is 15.5 Å². The van der Waals surface area contributed by atoms with Crippen molar-refractivity contribution < 1.29 is 13.2 Å². The summed E-state index contributed by atoms with van der Waals surface area (Å²) in [5, 5.41) is 10.5. The fraction of sp³-hybridized carbons (Fsp3) is 0.409. The van der Waals surface area contributed by atoms with E-state index in [-0.39, 0.29) is 29.2 Å². The van der Waals surface area contributed by atoms with Crippen molar-refractivity contribution in [2.24, 2.45) is 0 Å². The lowest BCUT2D eigenvalue weighted by molar-refractivity contribution is -0.130. The Morgan fingerprint density at radius 1 is 1.39 bits per heavy atom. The monoisotopic (exact) mass is 456 g/mol. The van der Waals surface area contributed by atoms with E-state index in [2.05, 4.69) is 11.1 Å². The third-order valence-corrected chi connectivity index (χ3v) is 8.37. The van der Waals surface area contributed by atoms with Crippen LogP contribution in [-0.4, -0.2) is 58.5 Å². The summed E-state index contributed by atoms with van der Waals surface area (Å²) in [6, 6.07) is 11.6. The Labute approximate surface area is 186 Å². The molecule has 9 heteroatoms. The molecule has 3 aromatic rings. The van der Waals surface area contributed by atoms with Crippen molar-refractivity contribution in [3.8, 4) is 6.07 Å². The van der Waals surface area contributed by atoms with E-state index in [0.717, 1.165) is 28.0 Å². The summed E-state index contributed by atoms with van der Waals surface area (Å²) in [6.45, 7) is 4.41. The molecule has 0 N–H and O–H groups in total. The molecule has 1 atom stereocenters. The van der Waals surface area contributed by atoms with Crippen LogP contribution in [-0.2, 0) is 14.6 Å². The van der Waals surface area contributed by atoms with Crippen LogP contribution >= 0.6 is 11.8 Å². The number of hydrogen-bond donors (Lipinski definition) is 0. The number of aryl methyl sites for hydroxylation is 1. The van der Waals surface area contributed by atoms with Gasteiger partial charge in [0.25, 0.3) is 0 Å². The van der Waals surface area contributed by atoms with E-state index in [1.165, 1.54) is 11.8 Å². The van der Waals surface area contributed by atoms with Crippen LogP contribution in [0.15, 0.2) is 35.4 Å². The van der Waals surface area contributed by atoms with Crippen LogP contribution in [0, 0.1) is 18.3 Å². The number of sulfone groups is 1. The van der Waals surface area contributed by atoms with E-state index >= 15 is 0 Å². The maximum atomic E-state index is 13.1. The third kappa shape index (κ3) is 4.14. The molecule has 0 bridgehead atoms. The number of rotatable bonds is 6. The summed E-state index contributed by atoms with van der Waals surface area (Å²) in [6.07, 6.45) is 1.28. The van der Waals surface area contributed by atoms with E-state index < -0.39 is 9.84 Å². The first-order chi connectivity index (χ1) is 14.8. The SMILES string of the molecule is CCCN(C(=O)CSc1cc(C)c(C#N)c2nc3ccccc3n12)C1CCS(=O)(=O)C1. The van der Waals surface area contributed by atoms with Crippen molar-refractivity contribution in [1.29, 1.82) is 5.26 Å². The molecule has 1 saturated heterocycles. The largest absolute Gasteiger partial charge is 0.338 e. The molecule has 31 heavy (non-hydrogen) atoms. The lowest BCUT2D eigenvalue weighted by atomic mass is 10.2. The van der Waals surface area contributed by atoms with Gasteiger partial charge in [0.1, 0.15) is 6.07 Å². The van der Waals surface area contributed by atoms with Crippen molar-refractivity contribution in [3.63, 3.8) is 0 Å². The van der Waals surface area contributed by atoms with Crippen molar-refractivity contribution >= 4 is 44.2 Å². The molecule has 1 aliphatic heterocycles. The van der Waals surface area contributed by atoms with E-state index in [0.29, 0.717) is 24.2 Å². The molecule has 1 unspecified atom stereocenters. The molecule has 7 nitrogen and oxygen atoms in total. The standard InChI is InChI=1S/C22H24N4O3S2/c1-3-9-25(16-8-10-31(28,29)14-16)20(27)13-30-21-11-15(2)17(12-23)22-24-18-6-4-5-7-19(18)26(21)22/h4-7,11,16H,3,8-10,13-14H2,1-2H3. The summed E-state index contributed by atoms with van der Waals surface area (Å²) in [5.41, 5.74) is 3.60. The van der Waals surface area contributed by atoms with Gasteiger partial charge in [-0.15, -0.1) is 0 Å². The minimum atomic E-state index is -3.06. The molecule has 0 aliphatic carbocycles. The molecule has 4 rings (SSSR count). The number of para-hydroxylation sites is 2. The number of amides is 1. The fourth-order valence-corrected chi connectivity index (χ4v) is 6.89. The normalized spacial score (nSPS) is 17.8. The van der Waals surface area contributed by atoms with Gasteiger partial charge in [-0.3, -0.25) is 9.20 Å². The molecule has 1 amide bonds. The third-order valence-electron chi connectivity index (χ3n) is 5.63. The Hall–Kier alpha value is -2.57. The Kier molecular flexibility index (Phi) is 5.95. The highest BCUT2D eigenvalue weighted by Gasteiger charge is 2.34. The first-order valence-electron chi connectivity index (χ1n) is 10.3. The number of carbonyl (C=O) groups is 1. The van der Waals surface area contributed by atoms with Gasteiger partial charge in [-0.1, -0.05) is 30.8 Å². The van der Waals surface area contributed by atoms with Crippen molar-refractivity contribution in [2.45, 2.75) is 37.8 Å². The maximum Gasteiger partial charge on any atom is 0.233 e. The molecule has 1 aromatic carbocycles. The number of imidazole rings is 1. The van der Waals surface area contributed by atoms with Crippen LogP contribution < -0.4 is 0 Å². The van der Waals surface area contributed by atoms with Gasteiger partial charge in [-0.05, 0) is 43.5 Å². The number of benzene rings is 1. The fourth-order valence-electron chi connectivity index (χ4n) is 4.15. The summed E-state index contributed by atoms with van der Waals surface area (Å²) in [4.78, 5) is 19.5. The Morgan fingerprint density at radius 2 is 2.16 bits per heavy atom. The average molecular weight is 457 g/mol. The van der Waals surface area contributed by atoms with Crippen molar-refractivity contribution in [3.05, 3.63) is 41.5 Å². The van der Waals surface area contributed by atoms with Crippen LogP contribution in [0.5, 0.6) is 0 Å². The smallest absolute Gasteiger partial charge is 0.233 e.